The number of furan rings is 1. The van der Waals surface area contributed by atoms with Gasteiger partial charge in [-0.1, -0.05) is 6.07 Å². The number of carbonyl (C=O) groups is 2. The molecule has 2 aromatic rings. The van der Waals surface area contributed by atoms with E-state index in [9.17, 15) is 14.7 Å². The molecule has 0 radical (unpaired) electrons. The molecule has 0 fully saturated rings. The van der Waals surface area contributed by atoms with Gasteiger partial charge in [-0.25, -0.2) is 0 Å². The van der Waals surface area contributed by atoms with E-state index in [2.05, 4.69) is 0 Å². The normalized spacial score (nSPS) is 16.4. The first-order valence-electron chi connectivity index (χ1n) is 9.06. The minimum absolute atomic E-state index is 0.0328. The topological polar surface area (TPSA) is 98.4 Å². The third-order valence-electron chi connectivity index (χ3n) is 4.76. The molecule has 8 heteroatoms. The molecule has 3 rings (SSSR count). The standard InChI is InChI=1S/C21H23NO7/c1-26-10-5-9-22-18(13-7-8-14(27-2)16(12-13)28-3)17(20(24)21(22)25)19(23)15-6-4-11-29-15/h4,6-8,11-12,18,24H,5,9-10H2,1-3H3/t18-/m1/s1. The zero-order chi connectivity index (χ0) is 21.0. The van der Waals surface area contributed by atoms with Crippen LogP contribution in [0.25, 0.3) is 0 Å². The first-order chi connectivity index (χ1) is 14.0. The molecule has 0 saturated heterocycles. The Hall–Kier alpha value is -3.26. The van der Waals surface area contributed by atoms with Crippen LogP contribution >= 0.6 is 0 Å². The Morgan fingerprint density at radius 2 is 1.93 bits per heavy atom. The maximum atomic E-state index is 13.0. The number of ether oxygens (including phenoxy) is 3. The van der Waals surface area contributed by atoms with E-state index in [-0.39, 0.29) is 11.3 Å². The second-order valence-corrected chi connectivity index (χ2v) is 6.43. The van der Waals surface area contributed by atoms with Crippen molar-refractivity contribution in [3.05, 3.63) is 59.3 Å². The molecule has 1 aromatic heterocycles. The number of aliphatic hydroxyl groups is 1. The number of rotatable bonds is 9. The largest absolute Gasteiger partial charge is 0.503 e. The number of hydrogen-bond donors (Lipinski definition) is 1. The molecule has 0 unspecified atom stereocenters. The summed E-state index contributed by atoms with van der Waals surface area (Å²) in [5.74, 6) is -0.734. The van der Waals surface area contributed by atoms with Crippen LogP contribution in [0.4, 0.5) is 0 Å². The van der Waals surface area contributed by atoms with Crippen LogP contribution in [0.1, 0.15) is 28.6 Å². The highest BCUT2D eigenvalue weighted by molar-refractivity contribution is 6.15. The van der Waals surface area contributed by atoms with Crippen molar-refractivity contribution in [3.8, 4) is 11.5 Å². The van der Waals surface area contributed by atoms with E-state index in [1.54, 1.807) is 31.4 Å². The van der Waals surface area contributed by atoms with Crippen LogP contribution in [-0.2, 0) is 9.53 Å². The van der Waals surface area contributed by atoms with E-state index in [0.717, 1.165) is 0 Å². The van der Waals surface area contributed by atoms with Crippen LogP contribution in [0.2, 0.25) is 0 Å². The first kappa shape index (κ1) is 20.5. The third kappa shape index (κ3) is 3.84. The summed E-state index contributed by atoms with van der Waals surface area (Å²) in [6.45, 7) is 0.731. The molecule has 0 spiro atoms. The van der Waals surface area contributed by atoms with Gasteiger partial charge in [-0.2, -0.15) is 0 Å². The number of Topliss-reactive ketones (excluding diaryl/α,β-unsaturated/α-hetero) is 1. The predicted molar refractivity (Wildman–Crippen MR) is 103 cm³/mol. The van der Waals surface area contributed by atoms with Gasteiger partial charge in [0.25, 0.3) is 5.91 Å². The molecule has 1 amide bonds. The summed E-state index contributed by atoms with van der Waals surface area (Å²) >= 11 is 0. The molecule has 2 heterocycles. The average Bonchev–Trinajstić information content (AvgIpc) is 3.36. The summed E-state index contributed by atoms with van der Waals surface area (Å²) in [5.41, 5.74) is 0.571. The van der Waals surface area contributed by atoms with Crippen molar-refractivity contribution in [3.63, 3.8) is 0 Å². The van der Waals surface area contributed by atoms with Gasteiger partial charge < -0.3 is 28.6 Å². The molecule has 1 N–H and O–H groups in total. The number of methoxy groups -OCH3 is 3. The fourth-order valence-electron chi connectivity index (χ4n) is 3.41. The Bertz CT molecular complexity index is 917. The highest BCUT2D eigenvalue weighted by atomic mass is 16.5. The van der Waals surface area contributed by atoms with Crippen molar-refractivity contribution >= 4 is 11.7 Å². The zero-order valence-electron chi connectivity index (χ0n) is 16.5. The molecule has 0 bridgehead atoms. The quantitative estimate of drug-likeness (QED) is 0.509. The molecule has 0 saturated carbocycles. The second kappa shape index (κ2) is 8.83. The van der Waals surface area contributed by atoms with E-state index in [1.165, 1.54) is 31.4 Å². The summed E-state index contributed by atoms with van der Waals surface area (Å²) < 4.78 is 20.9. The van der Waals surface area contributed by atoms with Gasteiger partial charge in [0.05, 0.1) is 32.1 Å². The average molecular weight is 401 g/mol. The maximum Gasteiger partial charge on any atom is 0.290 e. The van der Waals surface area contributed by atoms with Gasteiger partial charge >= 0.3 is 0 Å². The van der Waals surface area contributed by atoms with Gasteiger partial charge in [-0.05, 0) is 36.2 Å². The van der Waals surface area contributed by atoms with E-state index < -0.39 is 23.5 Å². The lowest BCUT2D eigenvalue weighted by Crippen LogP contribution is -2.32. The Balaban J connectivity index is 2.07. The smallest absolute Gasteiger partial charge is 0.290 e. The van der Waals surface area contributed by atoms with Gasteiger partial charge in [0.1, 0.15) is 0 Å². The molecule has 154 valence electrons. The molecule has 0 aliphatic carbocycles. The van der Waals surface area contributed by atoms with Crippen LogP contribution < -0.4 is 9.47 Å². The van der Waals surface area contributed by atoms with E-state index in [0.29, 0.717) is 36.6 Å². The van der Waals surface area contributed by atoms with E-state index >= 15 is 0 Å². The van der Waals surface area contributed by atoms with Crippen molar-refractivity contribution in [1.29, 1.82) is 0 Å². The number of benzene rings is 1. The number of ketones is 1. The summed E-state index contributed by atoms with van der Waals surface area (Å²) in [6.07, 6.45) is 1.91. The van der Waals surface area contributed by atoms with Gasteiger partial charge in [-0.15, -0.1) is 0 Å². The number of aliphatic hydroxyl groups excluding tert-OH is 1. The zero-order valence-corrected chi connectivity index (χ0v) is 16.5. The number of hydrogen-bond acceptors (Lipinski definition) is 7. The lowest BCUT2D eigenvalue weighted by atomic mass is 9.94. The fraction of sp³-hybridized carbons (Fsp3) is 0.333. The molecular formula is C21H23NO7. The Morgan fingerprint density at radius 1 is 1.17 bits per heavy atom. The summed E-state index contributed by atoms with van der Waals surface area (Å²) in [4.78, 5) is 27.3. The van der Waals surface area contributed by atoms with Crippen LogP contribution in [0.3, 0.4) is 0 Å². The fourth-order valence-corrected chi connectivity index (χ4v) is 3.41. The minimum Gasteiger partial charge on any atom is -0.503 e. The van der Waals surface area contributed by atoms with Crippen molar-refractivity contribution < 1.29 is 33.3 Å². The summed E-state index contributed by atoms with van der Waals surface area (Å²) in [6, 6.07) is 7.38. The highest BCUT2D eigenvalue weighted by Gasteiger charge is 2.44. The molecule has 1 atom stereocenters. The molecule has 1 aliphatic heterocycles. The van der Waals surface area contributed by atoms with Gasteiger partial charge in [0, 0.05) is 20.3 Å². The van der Waals surface area contributed by atoms with E-state index in [4.69, 9.17) is 18.6 Å². The predicted octanol–water partition coefficient (Wildman–Crippen LogP) is 2.91. The molecule has 1 aromatic carbocycles. The van der Waals surface area contributed by atoms with Gasteiger partial charge in [0.15, 0.2) is 23.0 Å². The number of amides is 1. The van der Waals surface area contributed by atoms with Crippen LogP contribution in [-0.4, -0.2) is 56.2 Å². The summed E-state index contributed by atoms with van der Waals surface area (Å²) in [5, 5.41) is 10.6. The van der Waals surface area contributed by atoms with Crippen molar-refractivity contribution in [2.75, 3.05) is 34.5 Å². The summed E-state index contributed by atoms with van der Waals surface area (Å²) in [7, 11) is 4.59. The Kier molecular flexibility index (Phi) is 6.23. The lowest BCUT2D eigenvalue weighted by Gasteiger charge is -2.27. The van der Waals surface area contributed by atoms with Crippen molar-refractivity contribution in [2.45, 2.75) is 12.5 Å². The van der Waals surface area contributed by atoms with Gasteiger partial charge in [-0.3, -0.25) is 9.59 Å². The monoisotopic (exact) mass is 401 g/mol. The molecule has 8 nitrogen and oxygen atoms in total. The van der Waals surface area contributed by atoms with Crippen LogP contribution in [0.15, 0.2) is 52.3 Å². The molecule has 29 heavy (non-hydrogen) atoms. The third-order valence-corrected chi connectivity index (χ3v) is 4.76. The van der Waals surface area contributed by atoms with Crippen LogP contribution in [0.5, 0.6) is 11.5 Å². The second-order valence-electron chi connectivity index (χ2n) is 6.43. The Labute approximate surface area is 168 Å². The first-order valence-corrected chi connectivity index (χ1v) is 9.06. The maximum absolute atomic E-state index is 13.0. The highest BCUT2D eigenvalue weighted by Crippen LogP contribution is 2.41. The number of carbonyl (C=O) groups excluding carboxylic acids is 2. The van der Waals surface area contributed by atoms with E-state index in [1.807, 2.05) is 0 Å². The van der Waals surface area contributed by atoms with Crippen LogP contribution in [0, 0.1) is 0 Å². The SMILES string of the molecule is COCCCN1C(=O)C(O)=C(C(=O)c2ccco2)[C@H]1c1ccc(OC)c(OC)c1. The minimum atomic E-state index is -0.795. The number of nitrogens with zero attached hydrogens (tertiary/aromatic N) is 1. The Morgan fingerprint density at radius 3 is 2.55 bits per heavy atom. The molecular weight excluding hydrogens is 378 g/mol. The molecule has 1 aliphatic rings. The lowest BCUT2D eigenvalue weighted by molar-refractivity contribution is -0.129. The van der Waals surface area contributed by atoms with Gasteiger partial charge in [0.2, 0.25) is 5.78 Å². The van der Waals surface area contributed by atoms with Crippen molar-refractivity contribution in [1.82, 2.24) is 4.90 Å². The van der Waals surface area contributed by atoms with Crippen molar-refractivity contribution in [2.24, 2.45) is 0 Å².